The van der Waals surface area contributed by atoms with Crippen molar-refractivity contribution in [3.8, 4) is 0 Å². The Kier molecular flexibility index (Phi) is 8.47. The molecule has 1 saturated heterocycles. The van der Waals surface area contributed by atoms with Crippen LogP contribution >= 0.6 is 0 Å². The van der Waals surface area contributed by atoms with E-state index in [2.05, 4.69) is 6.92 Å². The first kappa shape index (κ1) is 16.2. The van der Waals surface area contributed by atoms with Gasteiger partial charge in [-0.3, -0.25) is 9.59 Å². The lowest BCUT2D eigenvalue weighted by molar-refractivity contribution is -0.147. The van der Waals surface area contributed by atoms with Gasteiger partial charge in [-0.2, -0.15) is 0 Å². The van der Waals surface area contributed by atoms with Crippen molar-refractivity contribution in [3.63, 3.8) is 0 Å². The van der Waals surface area contributed by atoms with Crippen molar-refractivity contribution in [2.45, 2.75) is 58.3 Å². The summed E-state index contributed by atoms with van der Waals surface area (Å²) in [6, 6.07) is 0. The van der Waals surface area contributed by atoms with E-state index in [1.165, 1.54) is 19.3 Å². The highest BCUT2D eigenvalue weighted by molar-refractivity contribution is 5.96. The first-order valence-electron chi connectivity index (χ1n) is 7.50. The van der Waals surface area contributed by atoms with Crippen molar-refractivity contribution in [1.29, 1.82) is 0 Å². The Morgan fingerprint density at radius 3 is 2.47 bits per heavy atom. The van der Waals surface area contributed by atoms with Crippen LogP contribution in [-0.4, -0.2) is 31.6 Å². The summed E-state index contributed by atoms with van der Waals surface area (Å²) in [6.07, 6.45) is 7.03. The molecular weight excluding hydrogens is 244 g/mol. The molecule has 110 valence electrons. The Bertz CT molecular complexity index is 269. The highest BCUT2D eigenvalue weighted by atomic mass is 16.5. The SMILES string of the molecule is CCCCCCCOC(=O)CC(=O)C1CCOCC1. The van der Waals surface area contributed by atoms with E-state index in [-0.39, 0.29) is 24.1 Å². The molecule has 0 aromatic carbocycles. The molecule has 1 aliphatic rings. The summed E-state index contributed by atoms with van der Waals surface area (Å²) in [4.78, 5) is 23.3. The molecule has 0 atom stereocenters. The molecule has 0 radical (unpaired) electrons. The van der Waals surface area contributed by atoms with Crippen LogP contribution in [-0.2, 0) is 19.1 Å². The fraction of sp³-hybridized carbons (Fsp3) is 0.867. The lowest BCUT2D eigenvalue weighted by Gasteiger charge is -2.20. The van der Waals surface area contributed by atoms with Gasteiger partial charge < -0.3 is 9.47 Å². The second-order valence-electron chi connectivity index (χ2n) is 5.16. The van der Waals surface area contributed by atoms with E-state index >= 15 is 0 Å². The maximum Gasteiger partial charge on any atom is 0.313 e. The van der Waals surface area contributed by atoms with Crippen LogP contribution in [0.25, 0.3) is 0 Å². The third kappa shape index (κ3) is 7.31. The third-order valence-electron chi connectivity index (χ3n) is 3.51. The molecule has 0 aliphatic carbocycles. The summed E-state index contributed by atoms with van der Waals surface area (Å²) in [5, 5.41) is 0. The average Bonchev–Trinajstić information content (AvgIpc) is 2.43. The number of carbonyl (C=O) groups is 2. The standard InChI is InChI=1S/C15H26O4/c1-2-3-4-5-6-9-19-15(17)12-14(16)13-7-10-18-11-8-13/h13H,2-12H2,1H3. The van der Waals surface area contributed by atoms with Gasteiger partial charge in [0.05, 0.1) is 6.61 Å². The summed E-state index contributed by atoms with van der Waals surface area (Å²) < 4.78 is 10.3. The normalized spacial score (nSPS) is 16.3. The topological polar surface area (TPSA) is 52.6 Å². The Labute approximate surface area is 115 Å². The van der Waals surface area contributed by atoms with Crippen molar-refractivity contribution in [3.05, 3.63) is 0 Å². The molecule has 0 aromatic heterocycles. The molecule has 0 N–H and O–H groups in total. The zero-order valence-corrected chi connectivity index (χ0v) is 12.0. The summed E-state index contributed by atoms with van der Waals surface area (Å²) >= 11 is 0. The Hall–Kier alpha value is -0.900. The largest absolute Gasteiger partial charge is 0.465 e. The molecular formula is C15H26O4. The molecule has 0 spiro atoms. The van der Waals surface area contributed by atoms with Gasteiger partial charge in [0, 0.05) is 19.1 Å². The third-order valence-corrected chi connectivity index (χ3v) is 3.51. The minimum atomic E-state index is -0.369. The molecule has 1 fully saturated rings. The molecule has 4 nitrogen and oxygen atoms in total. The van der Waals surface area contributed by atoms with E-state index in [0.717, 1.165) is 25.7 Å². The lowest BCUT2D eigenvalue weighted by atomic mass is 9.94. The van der Waals surface area contributed by atoms with Gasteiger partial charge >= 0.3 is 5.97 Å². The molecule has 1 aliphatic heterocycles. The molecule has 1 rings (SSSR count). The van der Waals surface area contributed by atoms with Crippen LogP contribution in [0, 0.1) is 5.92 Å². The summed E-state index contributed by atoms with van der Waals surface area (Å²) in [7, 11) is 0. The maximum atomic E-state index is 11.8. The van der Waals surface area contributed by atoms with Crippen molar-refractivity contribution < 1.29 is 19.1 Å². The van der Waals surface area contributed by atoms with Crippen molar-refractivity contribution in [1.82, 2.24) is 0 Å². The predicted molar refractivity (Wildman–Crippen MR) is 72.9 cm³/mol. The highest BCUT2D eigenvalue weighted by Crippen LogP contribution is 2.17. The number of hydrogen-bond acceptors (Lipinski definition) is 4. The molecule has 0 aromatic rings. The van der Waals surface area contributed by atoms with Gasteiger partial charge in [-0.05, 0) is 19.3 Å². The zero-order chi connectivity index (χ0) is 13.9. The van der Waals surface area contributed by atoms with Gasteiger partial charge in [0.1, 0.15) is 12.2 Å². The van der Waals surface area contributed by atoms with Crippen LogP contribution in [0.3, 0.4) is 0 Å². The number of unbranched alkanes of at least 4 members (excludes halogenated alkanes) is 4. The average molecular weight is 270 g/mol. The van der Waals surface area contributed by atoms with Gasteiger partial charge in [-0.1, -0.05) is 32.6 Å². The Balaban J connectivity index is 2.04. The predicted octanol–water partition coefficient (Wildman–Crippen LogP) is 2.89. The molecule has 1 heterocycles. The van der Waals surface area contributed by atoms with Crippen LogP contribution in [0.4, 0.5) is 0 Å². The zero-order valence-electron chi connectivity index (χ0n) is 12.0. The number of ketones is 1. The van der Waals surface area contributed by atoms with Crippen LogP contribution in [0.2, 0.25) is 0 Å². The Morgan fingerprint density at radius 1 is 1.11 bits per heavy atom. The van der Waals surface area contributed by atoms with Gasteiger partial charge in [-0.25, -0.2) is 0 Å². The van der Waals surface area contributed by atoms with E-state index in [0.29, 0.717) is 19.8 Å². The number of ether oxygens (including phenoxy) is 2. The second kappa shape index (κ2) is 9.96. The van der Waals surface area contributed by atoms with E-state index < -0.39 is 0 Å². The minimum absolute atomic E-state index is 0.00847. The molecule has 0 amide bonds. The molecule has 0 unspecified atom stereocenters. The number of rotatable bonds is 9. The minimum Gasteiger partial charge on any atom is -0.465 e. The number of Topliss-reactive ketones (excluding diaryl/α,β-unsaturated/α-hetero) is 1. The monoisotopic (exact) mass is 270 g/mol. The quantitative estimate of drug-likeness (QED) is 0.367. The van der Waals surface area contributed by atoms with Gasteiger partial charge in [0.15, 0.2) is 0 Å². The van der Waals surface area contributed by atoms with Crippen LogP contribution in [0.5, 0.6) is 0 Å². The van der Waals surface area contributed by atoms with Gasteiger partial charge in [0.25, 0.3) is 0 Å². The van der Waals surface area contributed by atoms with Crippen LogP contribution in [0.15, 0.2) is 0 Å². The first-order valence-corrected chi connectivity index (χ1v) is 7.50. The fourth-order valence-corrected chi connectivity index (χ4v) is 2.25. The van der Waals surface area contributed by atoms with Crippen LogP contribution < -0.4 is 0 Å². The number of hydrogen-bond donors (Lipinski definition) is 0. The molecule has 19 heavy (non-hydrogen) atoms. The number of carbonyl (C=O) groups excluding carboxylic acids is 2. The van der Waals surface area contributed by atoms with Gasteiger partial charge in [0.2, 0.25) is 0 Å². The molecule has 0 bridgehead atoms. The summed E-state index contributed by atoms with van der Waals surface area (Å²) in [6.45, 7) is 3.87. The molecule has 4 heteroatoms. The first-order chi connectivity index (χ1) is 9.24. The van der Waals surface area contributed by atoms with E-state index in [1.807, 2.05) is 0 Å². The smallest absolute Gasteiger partial charge is 0.313 e. The fourth-order valence-electron chi connectivity index (χ4n) is 2.25. The molecule has 0 saturated carbocycles. The van der Waals surface area contributed by atoms with E-state index in [1.54, 1.807) is 0 Å². The van der Waals surface area contributed by atoms with Crippen molar-refractivity contribution >= 4 is 11.8 Å². The summed E-state index contributed by atoms with van der Waals surface area (Å²) in [5.41, 5.74) is 0. The van der Waals surface area contributed by atoms with Gasteiger partial charge in [-0.15, -0.1) is 0 Å². The lowest BCUT2D eigenvalue weighted by Crippen LogP contribution is -2.25. The number of esters is 1. The Morgan fingerprint density at radius 2 is 1.79 bits per heavy atom. The maximum absolute atomic E-state index is 11.8. The second-order valence-corrected chi connectivity index (χ2v) is 5.16. The summed E-state index contributed by atoms with van der Waals surface area (Å²) in [5.74, 6) is -0.364. The van der Waals surface area contributed by atoms with E-state index in [9.17, 15) is 9.59 Å². The van der Waals surface area contributed by atoms with Crippen molar-refractivity contribution in [2.24, 2.45) is 5.92 Å². The van der Waals surface area contributed by atoms with Crippen molar-refractivity contribution in [2.75, 3.05) is 19.8 Å². The van der Waals surface area contributed by atoms with Crippen LogP contribution in [0.1, 0.15) is 58.3 Å². The van der Waals surface area contributed by atoms with E-state index in [4.69, 9.17) is 9.47 Å². The highest BCUT2D eigenvalue weighted by Gasteiger charge is 2.23.